The van der Waals surface area contributed by atoms with Crippen LogP contribution in [0.15, 0.2) is 53.4 Å². The lowest BCUT2D eigenvalue weighted by atomic mass is 9.86. The molecule has 1 saturated heterocycles. The molecule has 1 aliphatic heterocycles. The summed E-state index contributed by atoms with van der Waals surface area (Å²) in [5, 5.41) is 10.1. The number of carboxylic acids is 1. The molecule has 162 valence electrons. The Bertz CT molecular complexity index is 1250. The predicted octanol–water partition coefficient (Wildman–Crippen LogP) is 4.68. The highest BCUT2D eigenvalue weighted by molar-refractivity contribution is 7.89. The molecule has 1 fully saturated rings. The quantitative estimate of drug-likeness (QED) is 0.639. The molecule has 0 unspecified atom stereocenters. The van der Waals surface area contributed by atoms with E-state index in [4.69, 9.17) is 0 Å². The fourth-order valence-corrected chi connectivity index (χ4v) is 5.45. The third kappa shape index (κ3) is 4.07. The number of rotatable bonds is 4. The van der Waals surface area contributed by atoms with Crippen LogP contribution in [-0.2, 0) is 15.4 Å². The molecular formula is C24H26N2O4S. The number of aromatic nitrogens is 1. The summed E-state index contributed by atoms with van der Waals surface area (Å²) in [5.41, 5.74) is 3.03. The first-order chi connectivity index (χ1) is 14.6. The van der Waals surface area contributed by atoms with Gasteiger partial charge in [-0.05, 0) is 48.1 Å². The van der Waals surface area contributed by atoms with Crippen LogP contribution in [0.1, 0.15) is 49.5 Å². The standard InChI is InChI=1S/C24H26N2O4S/c1-24(2,3)17-8-6-16(7-9-17)22-15-20(23(27)28)19-14-18(10-11-21(19)25-22)31(29,30)26-12-4-5-13-26/h6-11,14-15H,4-5,12-13H2,1-3H3,(H,27,28). The Balaban J connectivity index is 1.82. The fourth-order valence-electron chi connectivity index (χ4n) is 3.91. The Morgan fingerprint density at radius 1 is 1.00 bits per heavy atom. The van der Waals surface area contributed by atoms with Gasteiger partial charge < -0.3 is 5.11 Å². The molecule has 1 N–H and O–H groups in total. The van der Waals surface area contributed by atoms with E-state index in [1.54, 1.807) is 6.07 Å². The third-order valence-corrected chi connectivity index (χ3v) is 7.65. The summed E-state index contributed by atoms with van der Waals surface area (Å²) in [6, 6.07) is 14.0. The first-order valence-electron chi connectivity index (χ1n) is 10.4. The van der Waals surface area contributed by atoms with Crippen LogP contribution in [0.2, 0.25) is 0 Å². The van der Waals surface area contributed by atoms with E-state index >= 15 is 0 Å². The van der Waals surface area contributed by atoms with Crippen molar-refractivity contribution in [1.82, 2.24) is 9.29 Å². The predicted molar refractivity (Wildman–Crippen MR) is 121 cm³/mol. The van der Waals surface area contributed by atoms with Crippen molar-refractivity contribution < 1.29 is 18.3 Å². The van der Waals surface area contributed by atoms with Gasteiger partial charge >= 0.3 is 5.97 Å². The Morgan fingerprint density at radius 3 is 2.23 bits per heavy atom. The van der Waals surface area contributed by atoms with Crippen molar-refractivity contribution in [3.8, 4) is 11.3 Å². The normalized spacial score (nSPS) is 15.5. The van der Waals surface area contributed by atoms with Gasteiger partial charge in [0.2, 0.25) is 10.0 Å². The maximum atomic E-state index is 12.9. The molecule has 0 bridgehead atoms. The van der Waals surface area contributed by atoms with E-state index in [2.05, 4.69) is 25.8 Å². The average molecular weight is 439 g/mol. The summed E-state index contributed by atoms with van der Waals surface area (Å²) in [6.07, 6.45) is 1.68. The lowest BCUT2D eigenvalue weighted by Gasteiger charge is -2.19. The van der Waals surface area contributed by atoms with Gasteiger partial charge in [-0.2, -0.15) is 4.31 Å². The second kappa shape index (κ2) is 7.73. The van der Waals surface area contributed by atoms with Crippen LogP contribution < -0.4 is 0 Å². The number of hydrogen-bond donors (Lipinski definition) is 1. The zero-order valence-corrected chi connectivity index (χ0v) is 18.7. The average Bonchev–Trinajstić information content (AvgIpc) is 3.27. The third-order valence-electron chi connectivity index (χ3n) is 5.76. The van der Waals surface area contributed by atoms with Crippen molar-refractivity contribution in [2.24, 2.45) is 0 Å². The highest BCUT2D eigenvalue weighted by Gasteiger charge is 2.28. The summed E-state index contributed by atoms with van der Waals surface area (Å²) in [7, 11) is -3.64. The summed E-state index contributed by atoms with van der Waals surface area (Å²) in [5.74, 6) is -1.12. The molecule has 0 amide bonds. The number of carboxylic acid groups (broad SMARTS) is 1. The molecule has 2 aromatic carbocycles. The molecule has 0 spiro atoms. The van der Waals surface area contributed by atoms with Crippen molar-refractivity contribution in [3.05, 3.63) is 59.7 Å². The molecule has 0 radical (unpaired) electrons. The SMILES string of the molecule is CC(C)(C)c1ccc(-c2cc(C(=O)O)c3cc(S(=O)(=O)N4CCCC4)ccc3n2)cc1. The summed E-state index contributed by atoms with van der Waals surface area (Å²) in [4.78, 5) is 16.7. The maximum absolute atomic E-state index is 12.9. The molecule has 1 aromatic heterocycles. The minimum atomic E-state index is -3.64. The number of pyridine rings is 1. The summed E-state index contributed by atoms with van der Waals surface area (Å²) < 4.78 is 27.3. The zero-order valence-electron chi connectivity index (χ0n) is 17.9. The van der Waals surface area contributed by atoms with Crippen LogP contribution in [-0.4, -0.2) is 41.9 Å². The summed E-state index contributed by atoms with van der Waals surface area (Å²) in [6.45, 7) is 7.38. The van der Waals surface area contributed by atoms with E-state index in [0.29, 0.717) is 29.7 Å². The molecule has 3 aromatic rings. The second-order valence-corrected chi connectivity index (χ2v) is 10.9. The Labute approximate surface area is 182 Å². The smallest absolute Gasteiger partial charge is 0.336 e. The second-order valence-electron chi connectivity index (χ2n) is 8.98. The Kier molecular flexibility index (Phi) is 5.35. The van der Waals surface area contributed by atoms with Gasteiger partial charge in [0.1, 0.15) is 0 Å². The number of nitrogens with zero attached hydrogens (tertiary/aromatic N) is 2. The molecule has 1 aliphatic rings. The van der Waals surface area contributed by atoms with Gasteiger partial charge in [0, 0.05) is 24.0 Å². The van der Waals surface area contributed by atoms with Crippen molar-refractivity contribution in [3.63, 3.8) is 0 Å². The minimum Gasteiger partial charge on any atom is -0.478 e. The van der Waals surface area contributed by atoms with Crippen LogP contribution >= 0.6 is 0 Å². The molecule has 6 nitrogen and oxygen atoms in total. The molecule has 0 atom stereocenters. The van der Waals surface area contributed by atoms with Crippen molar-refractivity contribution >= 4 is 26.9 Å². The van der Waals surface area contributed by atoms with E-state index in [9.17, 15) is 18.3 Å². The van der Waals surface area contributed by atoms with Gasteiger partial charge in [0.15, 0.2) is 0 Å². The van der Waals surface area contributed by atoms with E-state index in [0.717, 1.165) is 18.4 Å². The van der Waals surface area contributed by atoms with Gasteiger partial charge in [-0.15, -0.1) is 0 Å². The molecule has 4 rings (SSSR count). The number of sulfonamides is 1. The van der Waals surface area contributed by atoms with Crippen LogP contribution in [0.3, 0.4) is 0 Å². The fraction of sp³-hybridized carbons (Fsp3) is 0.333. The first-order valence-corrected chi connectivity index (χ1v) is 11.8. The largest absolute Gasteiger partial charge is 0.478 e. The number of benzene rings is 2. The van der Waals surface area contributed by atoms with Crippen molar-refractivity contribution in [2.45, 2.75) is 43.9 Å². The number of hydrogen-bond acceptors (Lipinski definition) is 4. The highest BCUT2D eigenvalue weighted by Crippen LogP contribution is 2.30. The van der Waals surface area contributed by atoms with E-state index in [1.165, 1.54) is 28.1 Å². The van der Waals surface area contributed by atoms with Gasteiger partial charge in [-0.1, -0.05) is 45.0 Å². The lowest BCUT2D eigenvalue weighted by molar-refractivity contribution is 0.0699. The Morgan fingerprint density at radius 2 is 1.65 bits per heavy atom. The lowest BCUT2D eigenvalue weighted by Crippen LogP contribution is -2.27. The Hall–Kier alpha value is -2.77. The minimum absolute atomic E-state index is 0.0127. The van der Waals surface area contributed by atoms with Crippen LogP contribution in [0, 0.1) is 0 Å². The van der Waals surface area contributed by atoms with E-state index in [1.807, 2.05) is 24.3 Å². The molecule has 0 saturated carbocycles. The molecule has 0 aliphatic carbocycles. The highest BCUT2D eigenvalue weighted by atomic mass is 32.2. The van der Waals surface area contributed by atoms with Crippen LogP contribution in [0.5, 0.6) is 0 Å². The van der Waals surface area contributed by atoms with Crippen LogP contribution in [0.4, 0.5) is 0 Å². The topological polar surface area (TPSA) is 87.6 Å². The zero-order chi connectivity index (χ0) is 22.4. The molecule has 2 heterocycles. The first kappa shape index (κ1) is 21.5. The monoisotopic (exact) mass is 438 g/mol. The van der Waals surface area contributed by atoms with E-state index < -0.39 is 16.0 Å². The van der Waals surface area contributed by atoms with Gasteiger partial charge in [0.05, 0.1) is 21.7 Å². The van der Waals surface area contributed by atoms with Gasteiger partial charge in [-0.3, -0.25) is 0 Å². The number of carbonyl (C=O) groups is 1. The number of fused-ring (bicyclic) bond motifs is 1. The van der Waals surface area contributed by atoms with E-state index in [-0.39, 0.29) is 15.9 Å². The summed E-state index contributed by atoms with van der Waals surface area (Å²) >= 11 is 0. The molecular weight excluding hydrogens is 412 g/mol. The maximum Gasteiger partial charge on any atom is 0.336 e. The van der Waals surface area contributed by atoms with Crippen molar-refractivity contribution in [2.75, 3.05) is 13.1 Å². The van der Waals surface area contributed by atoms with Crippen molar-refractivity contribution in [1.29, 1.82) is 0 Å². The van der Waals surface area contributed by atoms with Gasteiger partial charge in [-0.25, -0.2) is 18.2 Å². The van der Waals surface area contributed by atoms with Crippen LogP contribution in [0.25, 0.3) is 22.2 Å². The van der Waals surface area contributed by atoms with Gasteiger partial charge in [0.25, 0.3) is 0 Å². The molecule has 7 heteroatoms. The molecule has 31 heavy (non-hydrogen) atoms. The number of aromatic carboxylic acids is 1.